The lowest BCUT2D eigenvalue weighted by atomic mass is 10.3. The second-order valence-electron chi connectivity index (χ2n) is 2.91. The van der Waals surface area contributed by atoms with Gasteiger partial charge in [-0.2, -0.15) is 0 Å². The van der Waals surface area contributed by atoms with Gasteiger partial charge in [0.05, 0.1) is 19.1 Å². The fraction of sp³-hybridized carbons (Fsp3) is 0.750. The lowest BCUT2D eigenvalue weighted by Crippen LogP contribution is -2.29. The molecule has 1 aliphatic rings. The molecule has 0 N–H and O–H groups in total. The maximum absolute atomic E-state index is 11.2. The quantitative estimate of drug-likeness (QED) is 0.440. The minimum absolute atomic E-state index is 0.0288. The van der Waals surface area contributed by atoms with Crippen LogP contribution in [0, 0.1) is 0 Å². The van der Waals surface area contributed by atoms with E-state index in [-0.39, 0.29) is 11.9 Å². The Morgan fingerprint density at radius 3 is 3.15 bits per heavy atom. The molecule has 1 unspecified atom stereocenters. The van der Waals surface area contributed by atoms with E-state index in [1.165, 1.54) is 6.08 Å². The summed E-state index contributed by atoms with van der Waals surface area (Å²) in [7, 11) is 1.58. The number of likely N-dealkylation sites (tertiary alicyclic amines) is 1. The molecule has 0 aromatic heterocycles. The van der Waals surface area contributed by atoms with E-state index in [4.69, 9.17) is 4.74 Å². The molecule has 72 valence electrons. The van der Waals surface area contributed by atoms with Crippen LogP contribution in [-0.4, -0.2) is 49.7 Å². The van der Waals surface area contributed by atoms with Gasteiger partial charge in [-0.05, 0) is 0 Å². The fourth-order valence-electron chi connectivity index (χ4n) is 1.33. The third kappa shape index (κ3) is 2.65. The summed E-state index contributed by atoms with van der Waals surface area (Å²) in [6.07, 6.45) is 1.79. The van der Waals surface area contributed by atoms with Crippen molar-refractivity contribution in [3.63, 3.8) is 0 Å². The van der Waals surface area contributed by atoms with E-state index in [9.17, 15) is 9.59 Å². The van der Waals surface area contributed by atoms with Crippen molar-refractivity contribution in [1.82, 2.24) is 4.90 Å². The summed E-state index contributed by atoms with van der Waals surface area (Å²) in [5.41, 5.74) is 0. The highest BCUT2D eigenvalue weighted by Gasteiger charge is 2.28. The highest BCUT2D eigenvalue weighted by Crippen LogP contribution is 2.12. The third-order valence-corrected chi connectivity index (χ3v) is 1.99. The number of isocyanates is 1. The second kappa shape index (κ2) is 4.74. The van der Waals surface area contributed by atoms with Gasteiger partial charge < -0.3 is 9.64 Å². The summed E-state index contributed by atoms with van der Waals surface area (Å²) in [6.45, 7) is 1.60. The highest BCUT2D eigenvalue weighted by atomic mass is 16.5. The van der Waals surface area contributed by atoms with Crippen molar-refractivity contribution < 1.29 is 14.3 Å². The normalized spacial score (nSPS) is 21.8. The largest absolute Gasteiger partial charge is 0.383 e. The lowest BCUT2D eigenvalue weighted by molar-refractivity contribution is -0.128. The second-order valence-corrected chi connectivity index (χ2v) is 2.91. The van der Waals surface area contributed by atoms with Gasteiger partial charge in [0.25, 0.3) is 0 Å². The van der Waals surface area contributed by atoms with E-state index < -0.39 is 0 Å². The zero-order valence-electron chi connectivity index (χ0n) is 7.52. The first-order chi connectivity index (χ1) is 6.27. The molecule has 0 radical (unpaired) electrons. The molecular weight excluding hydrogens is 172 g/mol. The summed E-state index contributed by atoms with van der Waals surface area (Å²) < 4.78 is 4.85. The fourth-order valence-corrected chi connectivity index (χ4v) is 1.33. The number of amides is 1. The molecule has 13 heavy (non-hydrogen) atoms. The maximum atomic E-state index is 11.2. The van der Waals surface area contributed by atoms with E-state index in [0.717, 1.165) is 0 Å². The molecule has 1 atom stereocenters. The Balaban J connectivity index is 2.41. The summed E-state index contributed by atoms with van der Waals surface area (Å²) in [5.74, 6) is 0.0288. The van der Waals surface area contributed by atoms with Gasteiger partial charge in [-0.3, -0.25) is 4.79 Å². The number of ether oxygens (including phenoxy) is 1. The Labute approximate surface area is 76.4 Å². The van der Waals surface area contributed by atoms with Crippen LogP contribution in [0.15, 0.2) is 4.99 Å². The van der Waals surface area contributed by atoms with E-state index in [0.29, 0.717) is 26.1 Å². The van der Waals surface area contributed by atoms with Gasteiger partial charge in [0.15, 0.2) is 0 Å². The monoisotopic (exact) mass is 184 g/mol. The number of methoxy groups -OCH3 is 1. The van der Waals surface area contributed by atoms with Crippen molar-refractivity contribution in [2.24, 2.45) is 4.99 Å². The minimum Gasteiger partial charge on any atom is -0.383 e. The number of aliphatic imine (C=N–C) groups is 1. The first-order valence-corrected chi connectivity index (χ1v) is 4.11. The van der Waals surface area contributed by atoms with Crippen LogP contribution in [-0.2, 0) is 14.3 Å². The first-order valence-electron chi connectivity index (χ1n) is 4.11. The van der Waals surface area contributed by atoms with Gasteiger partial charge in [0.1, 0.15) is 0 Å². The molecule has 5 nitrogen and oxygen atoms in total. The lowest BCUT2D eigenvalue weighted by Gasteiger charge is -2.14. The summed E-state index contributed by atoms with van der Waals surface area (Å²) >= 11 is 0. The van der Waals surface area contributed by atoms with Gasteiger partial charge in [0, 0.05) is 20.2 Å². The third-order valence-electron chi connectivity index (χ3n) is 1.99. The standard InChI is InChI=1S/C8H12N2O3/c1-13-3-2-10-5-7(9-6-11)4-8(10)12/h7H,2-5H2,1H3. The number of hydrogen-bond donors (Lipinski definition) is 0. The van der Waals surface area contributed by atoms with E-state index >= 15 is 0 Å². The van der Waals surface area contributed by atoms with Crippen LogP contribution in [0.5, 0.6) is 0 Å². The van der Waals surface area contributed by atoms with Crippen LogP contribution in [0.3, 0.4) is 0 Å². The van der Waals surface area contributed by atoms with Crippen molar-refractivity contribution in [1.29, 1.82) is 0 Å². The number of carbonyl (C=O) groups is 1. The summed E-state index contributed by atoms with van der Waals surface area (Å²) in [6, 6.07) is -0.207. The molecule has 5 heteroatoms. The number of rotatable bonds is 4. The van der Waals surface area contributed by atoms with Gasteiger partial charge in [-0.1, -0.05) is 0 Å². The van der Waals surface area contributed by atoms with Gasteiger partial charge in [-0.25, -0.2) is 9.79 Å². The molecule has 1 rings (SSSR count). The predicted molar refractivity (Wildman–Crippen MR) is 45.0 cm³/mol. The van der Waals surface area contributed by atoms with E-state index in [1.807, 2.05) is 0 Å². The van der Waals surface area contributed by atoms with Crippen LogP contribution in [0.25, 0.3) is 0 Å². The molecule has 0 aromatic carbocycles. The van der Waals surface area contributed by atoms with Crippen molar-refractivity contribution >= 4 is 12.0 Å². The SMILES string of the molecule is COCCN1CC(N=C=O)CC1=O. The molecule has 1 fully saturated rings. The molecule has 0 saturated carbocycles. The van der Waals surface area contributed by atoms with Gasteiger partial charge in [0.2, 0.25) is 12.0 Å². The Bertz CT molecular complexity index is 236. The Hall–Kier alpha value is -1.19. The number of nitrogens with zero attached hydrogens (tertiary/aromatic N) is 2. The molecule has 0 aromatic rings. The van der Waals surface area contributed by atoms with Gasteiger partial charge in [-0.15, -0.1) is 0 Å². The van der Waals surface area contributed by atoms with E-state index in [1.54, 1.807) is 12.0 Å². The van der Waals surface area contributed by atoms with E-state index in [2.05, 4.69) is 4.99 Å². The molecule has 1 heterocycles. The topological polar surface area (TPSA) is 59.0 Å². The van der Waals surface area contributed by atoms with Crippen molar-refractivity contribution in [2.75, 3.05) is 26.8 Å². The van der Waals surface area contributed by atoms with Crippen molar-refractivity contribution in [3.05, 3.63) is 0 Å². The Kier molecular flexibility index (Phi) is 3.61. The van der Waals surface area contributed by atoms with Gasteiger partial charge >= 0.3 is 0 Å². The molecule has 0 aliphatic carbocycles. The van der Waals surface area contributed by atoms with Crippen LogP contribution < -0.4 is 0 Å². The molecule has 0 bridgehead atoms. The number of hydrogen-bond acceptors (Lipinski definition) is 4. The molecule has 0 spiro atoms. The van der Waals surface area contributed by atoms with Crippen LogP contribution in [0.4, 0.5) is 0 Å². The van der Waals surface area contributed by atoms with Crippen LogP contribution >= 0.6 is 0 Å². The van der Waals surface area contributed by atoms with Crippen molar-refractivity contribution in [2.45, 2.75) is 12.5 Å². The highest BCUT2D eigenvalue weighted by molar-refractivity contribution is 5.79. The van der Waals surface area contributed by atoms with Crippen LogP contribution in [0.1, 0.15) is 6.42 Å². The van der Waals surface area contributed by atoms with Crippen molar-refractivity contribution in [3.8, 4) is 0 Å². The first kappa shape index (κ1) is 9.89. The minimum atomic E-state index is -0.207. The molecule has 1 saturated heterocycles. The summed E-state index contributed by atoms with van der Waals surface area (Å²) in [4.78, 5) is 26.4. The predicted octanol–water partition coefficient (Wildman–Crippen LogP) is -0.431. The van der Waals surface area contributed by atoms with Crippen LogP contribution in [0.2, 0.25) is 0 Å². The Morgan fingerprint density at radius 1 is 1.77 bits per heavy atom. The molecular formula is C8H12N2O3. The average molecular weight is 184 g/mol. The molecule has 1 amide bonds. The summed E-state index contributed by atoms with van der Waals surface area (Å²) in [5, 5.41) is 0. The zero-order chi connectivity index (χ0) is 9.68. The maximum Gasteiger partial charge on any atom is 0.235 e. The smallest absolute Gasteiger partial charge is 0.235 e. The zero-order valence-corrected chi connectivity index (χ0v) is 7.52. The molecule has 1 aliphatic heterocycles. The number of carbonyl (C=O) groups excluding carboxylic acids is 2. The Morgan fingerprint density at radius 2 is 2.54 bits per heavy atom. The average Bonchev–Trinajstić information content (AvgIpc) is 2.44.